The van der Waals surface area contributed by atoms with E-state index in [1.807, 2.05) is 31.2 Å². The molecular weight excluding hydrogens is 416 g/mol. The summed E-state index contributed by atoms with van der Waals surface area (Å²) in [6.45, 7) is 7.09. The normalized spacial score (nSPS) is 14.8. The molecule has 1 aliphatic heterocycles. The van der Waals surface area contributed by atoms with Crippen molar-refractivity contribution in [1.29, 1.82) is 0 Å². The molecule has 172 valence electrons. The second kappa shape index (κ2) is 11.9. The van der Waals surface area contributed by atoms with E-state index >= 15 is 0 Å². The van der Waals surface area contributed by atoms with Crippen LogP contribution in [0.4, 0.5) is 5.69 Å². The number of amides is 1. The molecule has 2 aromatic rings. The zero-order valence-electron chi connectivity index (χ0n) is 18.1. The van der Waals surface area contributed by atoms with Crippen molar-refractivity contribution < 1.29 is 19.2 Å². The molecule has 0 unspecified atom stereocenters. The van der Waals surface area contributed by atoms with Gasteiger partial charge in [-0.25, -0.2) is 5.43 Å². The van der Waals surface area contributed by atoms with Gasteiger partial charge in [0.15, 0.2) is 0 Å². The van der Waals surface area contributed by atoms with Crippen molar-refractivity contribution in [3.05, 3.63) is 52.3 Å². The van der Waals surface area contributed by atoms with E-state index < -0.39 is 4.92 Å². The zero-order valence-corrected chi connectivity index (χ0v) is 18.1. The maximum atomic E-state index is 12.1. The summed E-state index contributed by atoms with van der Waals surface area (Å²) in [4.78, 5) is 24.6. The van der Waals surface area contributed by atoms with Crippen LogP contribution in [0, 0.1) is 10.1 Å². The molecule has 0 spiro atoms. The fraction of sp³-hybridized carbons (Fsp3) is 0.476. The number of nitrogens with zero attached hydrogens (tertiary/aromatic N) is 5. The Labute approximate surface area is 186 Å². The largest absolute Gasteiger partial charge is 0.492 e. The molecule has 1 amide bonds. The summed E-state index contributed by atoms with van der Waals surface area (Å²) in [5.41, 5.74) is 4.08. The molecule has 2 heterocycles. The highest BCUT2D eigenvalue weighted by atomic mass is 16.6. The molecule has 1 saturated heterocycles. The number of aryl methyl sites for hydroxylation is 1. The Balaban J connectivity index is 1.44. The molecule has 32 heavy (non-hydrogen) atoms. The quantitative estimate of drug-likeness (QED) is 0.318. The number of benzene rings is 1. The van der Waals surface area contributed by atoms with E-state index in [4.69, 9.17) is 9.47 Å². The van der Waals surface area contributed by atoms with Crippen molar-refractivity contribution in [1.82, 2.24) is 20.1 Å². The van der Waals surface area contributed by atoms with Crippen LogP contribution in [0.1, 0.15) is 25.3 Å². The van der Waals surface area contributed by atoms with E-state index in [1.54, 1.807) is 0 Å². The van der Waals surface area contributed by atoms with Gasteiger partial charge in [0.2, 0.25) is 5.91 Å². The molecule has 1 aliphatic rings. The second-order valence-corrected chi connectivity index (χ2v) is 7.24. The lowest BCUT2D eigenvalue weighted by Crippen LogP contribution is -2.38. The van der Waals surface area contributed by atoms with Crippen LogP contribution in [-0.2, 0) is 16.1 Å². The van der Waals surface area contributed by atoms with Gasteiger partial charge in [-0.3, -0.25) is 24.5 Å². The lowest BCUT2D eigenvalue weighted by molar-refractivity contribution is -0.385. The number of hydrazone groups is 1. The number of hydrogen-bond donors (Lipinski definition) is 1. The average molecular weight is 444 g/mol. The van der Waals surface area contributed by atoms with E-state index in [0.29, 0.717) is 13.0 Å². The van der Waals surface area contributed by atoms with Crippen molar-refractivity contribution in [2.24, 2.45) is 5.10 Å². The number of morpholine rings is 1. The summed E-state index contributed by atoms with van der Waals surface area (Å²) in [6, 6.07) is 7.63. The third-order valence-corrected chi connectivity index (χ3v) is 5.02. The summed E-state index contributed by atoms with van der Waals surface area (Å²) in [5, 5.41) is 18.8. The van der Waals surface area contributed by atoms with Gasteiger partial charge in [-0.15, -0.1) is 0 Å². The lowest BCUT2D eigenvalue weighted by atomic mass is 10.1. The minimum atomic E-state index is -0.526. The van der Waals surface area contributed by atoms with Gasteiger partial charge in [-0.1, -0.05) is 6.92 Å². The van der Waals surface area contributed by atoms with Crippen LogP contribution in [-0.4, -0.2) is 70.7 Å². The predicted octanol–water partition coefficient (Wildman–Crippen LogP) is 1.82. The maximum Gasteiger partial charge on any atom is 0.306 e. The average Bonchev–Trinajstić information content (AvgIpc) is 3.29. The summed E-state index contributed by atoms with van der Waals surface area (Å²) in [7, 11) is 0. The van der Waals surface area contributed by atoms with Gasteiger partial charge in [0.1, 0.15) is 24.8 Å². The Hall–Kier alpha value is -3.31. The van der Waals surface area contributed by atoms with E-state index in [-0.39, 0.29) is 24.6 Å². The number of nitrogens with one attached hydrogen (secondary N) is 1. The van der Waals surface area contributed by atoms with Crippen LogP contribution in [0.25, 0.3) is 0 Å². The number of carbonyl (C=O) groups is 1. The Kier molecular flexibility index (Phi) is 8.70. The Morgan fingerprint density at radius 3 is 2.69 bits per heavy atom. The number of ether oxygens (including phenoxy) is 2. The van der Waals surface area contributed by atoms with Crippen LogP contribution in [0.15, 0.2) is 41.8 Å². The predicted molar refractivity (Wildman–Crippen MR) is 118 cm³/mol. The molecule has 0 aliphatic carbocycles. The standard InChI is InChI=1S/C21H28N6O5/c1-2-20(23-24-21(28)7-8-26-16-18(15-22-26)27(29)30)17-3-5-19(6-4-17)32-14-11-25-9-12-31-13-10-25/h3-6,15-16H,2,7-14H2,1H3,(H,24,28)/b23-20+. The number of hydrogen-bond acceptors (Lipinski definition) is 8. The topological polar surface area (TPSA) is 124 Å². The van der Waals surface area contributed by atoms with Gasteiger partial charge in [0, 0.05) is 26.1 Å². The first-order valence-electron chi connectivity index (χ1n) is 10.6. The first-order valence-corrected chi connectivity index (χ1v) is 10.6. The molecule has 0 atom stereocenters. The lowest BCUT2D eigenvalue weighted by Gasteiger charge is -2.26. The van der Waals surface area contributed by atoms with Crippen molar-refractivity contribution >= 4 is 17.3 Å². The summed E-state index contributed by atoms with van der Waals surface area (Å²) < 4.78 is 12.5. The first kappa shape index (κ1) is 23.4. The molecule has 1 aromatic carbocycles. The highest BCUT2D eigenvalue weighted by Gasteiger charge is 2.11. The number of nitro groups is 1. The molecule has 0 saturated carbocycles. The number of aromatic nitrogens is 2. The van der Waals surface area contributed by atoms with E-state index in [9.17, 15) is 14.9 Å². The minimum absolute atomic E-state index is 0.106. The van der Waals surface area contributed by atoms with Gasteiger partial charge < -0.3 is 9.47 Å². The fourth-order valence-corrected chi connectivity index (χ4v) is 3.18. The van der Waals surface area contributed by atoms with Gasteiger partial charge in [0.05, 0.1) is 30.4 Å². The molecule has 1 N–H and O–H groups in total. The van der Waals surface area contributed by atoms with Crippen LogP contribution >= 0.6 is 0 Å². The number of rotatable bonds is 11. The number of carbonyl (C=O) groups excluding carboxylic acids is 1. The van der Waals surface area contributed by atoms with Gasteiger partial charge in [-0.2, -0.15) is 10.2 Å². The Bertz CT molecular complexity index is 921. The molecule has 11 heteroatoms. The van der Waals surface area contributed by atoms with Crippen molar-refractivity contribution in [2.75, 3.05) is 39.5 Å². The molecule has 0 radical (unpaired) electrons. The second-order valence-electron chi connectivity index (χ2n) is 7.24. The van der Waals surface area contributed by atoms with Crippen LogP contribution in [0.3, 0.4) is 0 Å². The molecule has 11 nitrogen and oxygen atoms in total. The van der Waals surface area contributed by atoms with E-state index in [1.165, 1.54) is 10.9 Å². The third kappa shape index (κ3) is 7.13. The highest BCUT2D eigenvalue weighted by molar-refractivity contribution is 6.00. The van der Waals surface area contributed by atoms with E-state index in [2.05, 4.69) is 20.5 Å². The fourth-order valence-electron chi connectivity index (χ4n) is 3.18. The summed E-state index contributed by atoms with van der Waals surface area (Å²) in [5.74, 6) is 0.493. The Morgan fingerprint density at radius 2 is 2.03 bits per heavy atom. The van der Waals surface area contributed by atoms with Crippen molar-refractivity contribution in [2.45, 2.75) is 26.3 Å². The van der Waals surface area contributed by atoms with Crippen LogP contribution in [0.2, 0.25) is 0 Å². The molecule has 1 aromatic heterocycles. The highest BCUT2D eigenvalue weighted by Crippen LogP contribution is 2.14. The van der Waals surface area contributed by atoms with Crippen LogP contribution < -0.4 is 10.2 Å². The van der Waals surface area contributed by atoms with Crippen molar-refractivity contribution in [3.63, 3.8) is 0 Å². The maximum absolute atomic E-state index is 12.1. The molecule has 0 bridgehead atoms. The zero-order chi connectivity index (χ0) is 22.8. The summed E-state index contributed by atoms with van der Waals surface area (Å²) in [6.07, 6.45) is 3.19. The van der Waals surface area contributed by atoms with Gasteiger partial charge >= 0.3 is 5.69 Å². The van der Waals surface area contributed by atoms with Crippen LogP contribution in [0.5, 0.6) is 5.75 Å². The van der Waals surface area contributed by atoms with Gasteiger partial charge in [0.25, 0.3) is 0 Å². The SMILES string of the molecule is CC/C(=N\NC(=O)CCn1cc([N+](=O)[O-])cn1)c1ccc(OCCN2CCOCC2)cc1. The summed E-state index contributed by atoms with van der Waals surface area (Å²) >= 11 is 0. The Morgan fingerprint density at radius 1 is 1.28 bits per heavy atom. The first-order chi connectivity index (χ1) is 15.5. The smallest absolute Gasteiger partial charge is 0.306 e. The third-order valence-electron chi connectivity index (χ3n) is 5.02. The molecule has 1 fully saturated rings. The molecule has 3 rings (SSSR count). The van der Waals surface area contributed by atoms with E-state index in [0.717, 1.165) is 56.1 Å². The monoisotopic (exact) mass is 444 g/mol. The van der Waals surface area contributed by atoms with Crippen molar-refractivity contribution in [3.8, 4) is 5.75 Å². The van der Waals surface area contributed by atoms with Gasteiger partial charge in [-0.05, 0) is 36.2 Å². The minimum Gasteiger partial charge on any atom is -0.492 e. The molecular formula is C21H28N6O5.